The van der Waals surface area contributed by atoms with E-state index in [1.54, 1.807) is 4.90 Å². The fourth-order valence-electron chi connectivity index (χ4n) is 1.87. The Bertz CT molecular complexity index is 307. The normalized spacial score (nSPS) is 20.3. The molecule has 0 radical (unpaired) electrons. The number of carboxylic acid groups (broad SMARTS) is 1. The lowest BCUT2D eigenvalue weighted by atomic mass is 9.83. The molecular weight excluding hydrogens is 236 g/mol. The van der Waals surface area contributed by atoms with Crippen LogP contribution in [0.15, 0.2) is 0 Å². The third-order valence-electron chi connectivity index (χ3n) is 3.38. The van der Waals surface area contributed by atoms with Crippen LogP contribution in [0, 0.1) is 5.41 Å². The van der Waals surface area contributed by atoms with Gasteiger partial charge in [0.1, 0.15) is 0 Å². The van der Waals surface area contributed by atoms with Crippen LogP contribution >= 0.6 is 0 Å². The Morgan fingerprint density at radius 3 is 2.39 bits per heavy atom. The summed E-state index contributed by atoms with van der Waals surface area (Å²) in [5.74, 6) is -1.26. The van der Waals surface area contributed by atoms with Gasteiger partial charge in [0, 0.05) is 26.1 Å². The fraction of sp³-hybridized carbons (Fsp3) is 0.833. The maximum atomic E-state index is 11.7. The Kier molecular flexibility index (Phi) is 4.95. The Labute approximate surface area is 107 Å². The van der Waals surface area contributed by atoms with Crippen molar-refractivity contribution in [2.75, 3.05) is 19.6 Å². The van der Waals surface area contributed by atoms with Crippen LogP contribution in [0.5, 0.6) is 0 Å². The minimum Gasteiger partial charge on any atom is -0.479 e. The number of aliphatic hydroxyl groups is 1. The van der Waals surface area contributed by atoms with Gasteiger partial charge in [0.05, 0.1) is 0 Å². The molecule has 1 saturated heterocycles. The lowest BCUT2D eigenvalue weighted by molar-refractivity contribution is -0.146. The molecule has 0 aromatic heterocycles. The van der Waals surface area contributed by atoms with Gasteiger partial charge in [-0.25, -0.2) is 9.59 Å². The predicted molar refractivity (Wildman–Crippen MR) is 66.2 cm³/mol. The number of amides is 2. The lowest BCUT2D eigenvalue weighted by Gasteiger charge is -2.36. The Hall–Kier alpha value is -1.30. The molecule has 6 heteroatoms. The molecule has 0 aliphatic carbocycles. The van der Waals surface area contributed by atoms with E-state index in [0.717, 1.165) is 25.9 Å². The van der Waals surface area contributed by atoms with Crippen LogP contribution in [-0.4, -0.2) is 52.9 Å². The summed E-state index contributed by atoms with van der Waals surface area (Å²) in [5.41, 5.74) is 0.288. The second kappa shape index (κ2) is 6.04. The number of hydrogen-bond donors (Lipinski definition) is 3. The van der Waals surface area contributed by atoms with E-state index in [2.05, 4.69) is 19.2 Å². The highest BCUT2D eigenvalue weighted by atomic mass is 16.4. The van der Waals surface area contributed by atoms with Crippen LogP contribution in [0.1, 0.15) is 33.1 Å². The predicted octanol–water partition coefficient (Wildman–Crippen LogP) is 0.654. The third-order valence-corrected chi connectivity index (χ3v) is 3.38. The average molecular weight is 258 g/mol. The second-order valence-corrected chi connectivity index (χ2v) is 5.53. The number of nitrogens with one attached hydrogen (secondary N) is 1. The van der Waals surface area contributed by atoms with Crippen LogP contribution in [0.25, 0.3) is 0 Å². The average Bonchev–Trinajstić information content (AvgIpc) is 2.28. The van der Waals surface area contributed by atoms with E-state index in [1.807, 2.05) is 0 Å². The van der Waals surface area contributed by atoms with E-state index in [-0.39, 0.29) is 24.4 Å². The number of aliphatic carboxylic acids is 1. The van der Waals surface area contributed by atoms with E-state index in [1.165, 1.54) is 0 Å². The smallest absolute Gasteiger partial charge is 0.332 e. The van der Waals surface area contributed by atoms with Gasteiger partial charge >= 0.3 is 12.0 Å². The molecular formula is C12H22N2O4. The number of carbonyl (C=O) groups excluding carboxylic acids is 1. The molecule has 18 heavy (non-hydrogen) atoms. The van der Waals surface area contributed by atoms with E-state index in [0.29, 0.717) is 0 Å². The molecule has 1 atom stereocenters. The van der Waals surface area contributed by atoms with Crippen LogP contribution in [0.4, 0.5) is 4.79 Å². The van der Waals surface area contributed by atoms with Gasteiger partial charge in [-0.2, -0.15) is 0 Å². The fourth-order valence-corrected chi connectivity index (χ4v) is 1.87. The number of hydrogen-bond acceptors (Lipinski definition) is 3. The van der Waals surface area contributed by atoms with Crippen molar-refractivity contribution in [1.29, 1.82) is 0 Å². The summed E-state index contributed by atoms with van der Waals surface area (Å²) in [6, 6.07) is -0.178. The second-order valence-electron chi connectivity index (χ2n) is 5.53. The van der Waals surface area contributed by atoms with Crippen molar-refractivity contribution < 1.29 is 19.8 Å². The number of carboxylic acids is 1. The molecule has 2 amide bonds. The van der Waals surface area contributed by atoms with Gasteiger partial charge < -0.3 is 20.4 Å². The zero-order valence-electron chi connectivity index (χ0n) is 11.0. The third kappa shape index (κ3) is 4.52. The summed E-state index contributed by atoms with van der Waals surface area (Å²) in [6.45, 7) is 5.99. The van der Waals surface area contributed by atoms with Crippen LogP contribution in [0.3, 0.4) is 0 Å². The highest BCUT2D eigenvalue weighted by Crippen LogP contribution is 2.29. The van der Waals surface area contributed by atoms with Gasteiger partial charge in [-0.15, -0.1) is 0 Å². The first-order valence-electron chi connectivity index (χ1n) is 6.25. The molecule has 1 rings (SSSR count). The molecule has 0 aromatic carbocycles. The van der Waals surface area contributed by atoms with Gasteiger partial charge in [0.15, 0.2) is 6.10 Å². The first-order valence-corrected chi connectivity index (χ1v) is 6.25. The van der Waals surface area contributed by atoms with Crippen molar-refractivity contribution >= 4 is 12.0 Å². The summed E-state index contributed by atoms with van der Waals surface area (Å²) < 4.78 is 0. The van der Waals surface area contributed by atoms with E-state index >= 15 is 0 Å². The number of nitrogens with zero attached hydrogens (tertiary/aromatic N) is 1. The quantitative estimate of drug-likeness (QED) is 0.690. The highest BCUT2D eigenvalue weighted by molar-refractivity contribution is 5.74. The molecule has 1 unspecified atom stereocenters. The zero-order valence-corrected chi connectivity index (χ0v) is 11.0. The van der Waals surface area contributed by atoms with Crippen molar-refractivity contribution in [3.8, 4) is 0 Å². The molecule has 104 valence electrons. The molecule has 0 spiro atoms. The van der Waals surface area contributed by atoms with Crippen molar-refractivity contribution in [2.45, 2.75) is 39.2 Å². The molecule has 1 fully saturated rings. The van der Waals surface area contributed by atoms with E-state index in [9.17, 15) is 9.59 Å². The molecule has 0 bridgehead atoms. The molecule has 1 aliphatic rings. The SMILES string of the molecule is CC1(C)CCN(C(=O)NCCC(O)C(=O)O)CC1. The van der Waals surface area contributed by atoms with Crippen molar-refractivity contribution in [3.05, 3.63) is 0 Å². The maximum Gasteiger partial charge on any atom is 0.332 e. The molecule has 3 N–H and O–H groups in total. The van der Waals surface area contributed by atoms with Crippen molar-refractivity contribution in [2.24, 2.45) is 5.41 Å². The van der Waals surface area contributed by atoms with Gasteiger partial charge in [-0.1, -0.05) is 13.8 Å². The number of rotatable bonds is 4. The van der Waals surface area contributed by atoms with E-state index < -0.39 is 12.1 Å². The first kappa shape index (κ1) is 14.8. The minimum atomic E-state index is -1.41. The van der Waals surface area contributed by atoms with Gasteiger partial charge in [0.2, 0.25) is 0 Å². The van der Waals surface area contributed by atoms with Crippen molar-refractivity contribution in [3.63, 3.8) is 0 Å². The van der Waals surface area contributed by atoms with Crippen LogP contribution in [0.2, 0.25) is 0 Å². The molecule has 6 nitrogen and oxygen atoms in total. The number of likely N-dealkylation sites (tertiary alicyclic amines) is 1. The molecule has 1 heterocycles. The molecule has 0 saturated carbocycles. The van der Waals surface area contributed by atoms with Crippen LogP contribution < -0.4 is 5.32 Å². The monoisotopic (exact) mass is 258 g/mol. The summed E-state index contributed by atoms with van der Waals surface area (Å²) in [5, 5.41) is 20.2. The number of urea groups is 1. The summed E-state index contributed by atoms with van der Waals surface area (Å²) in [4.78, 5) is 23.9. The van der Waals surface area contributed by atoms with Gasteiger partial charge in [0.25, 0.3) is 0 Å². The molecule has 0 aromatic rings. The lowest BCUT2D eigenvalue weighted by Crippen LogP contribution is -2.46. The zero-order chi connectivity index (χ0) is 13.8. The Morgan fingerprint density at radius 2 is 1.89 bits per heavy atom. The maximum absolute atomic E-state index is 11.7. The summed E-state index contributed by atoms with van der Waals surface area (Å²) in [7, 11) is 0. The topological polar surface area (TPSA) is 89.9 Å². The van der Waals surface area contributed by atoms with E-state index in [4.69, 9.17) is 10.2 Å². The standard InChI is InChI=1S/C12H22N2O4/c1-12(2)4-7-14(8-5-12)11(18)13-6-3-9(15)10(16)17/h9,15H,3-8H2,1-2H3,(H,13,18)(H,16,17). The number of carbonyl (C=O) groups is 2. The molecule has 1 aliphatic heterocycles. The minimum absolute atomic E-state index is 0.0282. The summed E-state index contributed by atoms with van der Waals surface area (Å²) in [6.07, 6.45) is 0.558. The Morgan fingerprint density at radius 1 is 1.33 bits per heavy atom. The number of aliphatic hydroxyl groups excluding tert-OH is 1. The first-order chi connectivity index (χ1) is 8.32. The Balaban J connectivity index is 2.24. The number of piperidine rings is 1. The van der Waals surface area contributed by atoms with Gasteiger partial charge in [-0.3, -0.25) is 0 Å². The van der Waals surface area contributed by atoms with Gasteiger partial charge in [-0.05, 0) is 18.3 Å². The largest absolute Gasteiger partial charge is 0.479 e. The summed E-state index contributed by atoms with van der Waals surface area (Å²) >= 11 is 0. The van der Waals surface area contributed by atoms with Crippen molar-refractivity contribution in [1.82, 2.24) is 10.2 Å². The van der Waals surface area contributed by atoms with Crippen LogP contribution in [-0.2, 0) is 4.79 Å². The highest BCUT2D eigenvalue weighted by Gasteiger charge is 2.27.